The zero-order valence-electron chi connectivity index (χ0n) is 18.6. The first-order valence-electron chi connectivity index (χ1n) is 10.9. The molecule has 33 heavy (non-hydrogen) atoms. The van der Waals surface area contributed by atoms with Crippen molar-refractivity contribution in [3.8, 4) is 11.5 Å². The largest absolute Gasteiger partial charge is 0.497 e. The molecule has 1 aliphatic rings. The number of H-pyrrole nitrogens is 1. The highest BCUT2D eigenvalue weighted by Gasteiger charge is 2.17. The zero-order valence-corrected chi connectivity index (χ0v) is 18.6. The van der Waals surface area contributed by atoms with Crippen LogP contribution in [0.1, 0.15) is 11.1 Å². The van der Waals surface area contributed by atoms with Crippen molar-refractivity contribution in [3.63, 3.8) is 0 Å². The summed E-state index contributed by atoms with van der Waals surface area (Å²) in [6.07, 6.45) is 3.11. The second-order valence-electron chi connectivity index (χ2n) is 8.01. The van der Waals surface area contributed by atoms with Gasteiger partial charge in [-0.05, 0) is 35.9 Å². The van der Waals surface area contributed by atoms with Crippen LogP contribution in [0.4, 0.5) is 0 Å². The van der Waals surface area contributed by atoms with E-state index >= 15 is 0 Å². The standard InChI is InChI=1S/C24H25N5O4/c1-31-18-4-5-19-20(12-18)27-23-22(19)25-15-29(24(23)30)26-13-16-3-6-21(32-2)17(11-16)14-28-7-9-33-10-8-28/h3-6,11-13,15,27H,7-10,14H2,1-2H3/p+1/b26-13-. The SMILES string of the molecule is COc1ccc2c(c1)[nH]c1c(=O)n(/N=C\c3ccc(OC)c(C[NH+]4CCOCC4)c3)cnc12. The monoisotopic (exact) mass is 448 g/mol. The van der Waals surface area contributed by atoms with Gasteiger partial charge in [-0.2, -0.15) is 9.78 Å². The summed E-state index contributed by atoms with van der Waals surface area (Å²) in [7, 11) is 3.29. The average Bonchev–Trinajstić information content (AvgIpc) is 3.23. The maximum absolute atomic E-state index is 13.0. The van der Waals surface area contributed by atoms with Crippen LogP contribution in [0.5, 0.6) is 11.5 Å². The van der Waals surface area contributed by atoms with E-state index in [-0.39, 0.29) is 5.56 Å². The molecule has 0 unspecified atom stereocenters. The molecule has 0 amide bonds. The molecule has 3 heterocycles. The minimum atomic E-state index is -0.266. The molecule has 0 aliphatic carbocycles. The minimum absolute atomic E-state index is 0.266. The first-order valence-corrected chi connectivity index (χ1v) is 10.9. The smallest absolute Gasteiger partial charge is 0.298 e. The highest BCUT2D eigenvalue weighted by atomic mass is 16.5. The molecular formula is C24H26N5O4+. The molecule has 0 spiro atoms. The van der Waals surface area contributed by atoms with Crippen LogP contribution >= 0.6 is 0 Å². The average molecular weight is 449 g/mol. The number of hydrogen-bond acceptors (Lipinski definition) is 6. The Morgan fingerprint density at radius 1 is 1.18 bits per heavy atom. The van der Waals surface area contributed by atoms with Crippen molar-refractivity contribution in [2.45, 2.75) is 6.54 Å². The lowest BCUT2D eigenvalue weighted by atomic mass is 10.1. The zero-order chi connectivity index (χ0) is 22.8. The lowest BCUT2D eigenvalue weighted by Crippen LogP contribution is -3.12. The van der Waals surface area contributed by atoms with Crippen molar-refractivity contribution >= 4 is 28.2 Å². The molecule has 0 bridgehead atoms. The van der Waals surface area contributed by atoms with Crippen LogP contribution in [0.3, 0.4) is 0 Å². The molecule has 4 aromatic rings. The molecule has 2 aromatic heterocycles. The highest BCUT2D eigenvalue weighted by molar-refractivity contribution is 6.04. The number of aromatic nitrogens is 3. The molecule has 0 radical (unpaired) electrons. The minimum Gasteiger partial charge on any atom is -0.497 e. The number of methoxy groups -OCH3 is 2. The van der Waals surface area contributed by atoms with E-state index in [0.717, 1.165) is 60.6 Å². The van der Waals surface area contributed by atoms with Gasteiger partial charge in [0.15, 0.2) is 0 Å². The number of nitrogens with zero attached hydrogens (tertiary/aromatic N) is 3. The van der Waals surface area contributed by atoms with Gasteiger partial charge in [0.2, 0.25) is 0 Å². The molecule has 9 nitrogen and oxygen atoms in total. The fourth-order valence-corrected chi connectivity index (χ4v) is 4.19. The van der Waals surface area contributed by atoms with Gasteiger partial charge in [0.05, 0.1) is 39.2 Å². The van der Waals surface area contributed by atoms with Crippen molar-refractivity contribution in [2.24, 2.45) is 5.10 Å². The van der Waals surface area contributed by atoms with Crippen LogP contribution in [-0.2, 0) is 11.3 Å². The van der Waals surface area contributed by atoms with E-state index in [9.17, 15) is 4.79 Å². The van der Waals surface area contributed by atoms with Crippen LogP contribution < -0.4 is 19.9 Å². The van der Waals surface area contributed by atoms with E-state index < -0.39 is 0 Å². The molecule has 2 aromatic carbocycles. The lowest BCUT2D eigenvalue weighted by molar-refractivity contribution is -0.921. The third kappa shape index (κ3) is 4.20. The topological polar surface area (TPSA) is 95.2 Å². The van der Waals surface area contributed by atoms with E-state index in [1.54, 1.807) is 20.4 Å². The van der Waals surface area contributed by atoms with Crippen LogP contribution in [0.15, 0.2) is 52.6 Å². The lowest BCUT2D eigenvalue weighted by Gasteiger charge is -2.24. The number of morpholine rings is 1. The van der Waals surface area contributed by atoms with Crippen LogP contribution in [0.2, 0.25) is 0 Å². The Kier molecular flexibility index (Phi) is 5.80. The van der Waals surface area contributed by atoms with Gasteiger partial charge in [-0.1, -0.05) is 0 Å². The molecule has 170 valence electrons. The Bertz CT molecular complexity index is 1390. The first-order chi connectivity index (χ1) is 16.2. The molecule has 1 saturated heterocycles. The number of nitrogens with one attached hydrogen (secondary N) is 2. The molecule has 2 N–H and O–H groups in total. The molecule has 0 atom stereocenters. The Morgan fingerprint density at radius 2 is 2.03 bits per heavy atom. The number of rotatable bonds is 6. The molecule has 9 heteroatoms. The summed E-state index contributed by atoms with van der Waals surface area (Å²) in [6, 6.07) is 11.5. The number of hydrogen-bond donors (Lipinski definition) is 2. The van der Waals surface area contributed by atoms with Gasteiger partial charge in [-0.3, -0.25) is 4.79 Å². The van der Waals surface area contributed by atoms with Gasteiger partial charge in [-0.15, -0.1) is 0 Å². The van der Waals surface area contributed by atoms with Gasteiger partial charge in [0.25, 0.3) is 5.56 Å². The van der Waals surface area contributed by atoms with E-state index in [0.29, 0.717) is 16.8 Å². The second-order valence-corrected chi connectivity index (χ2v) is 8.01. The predicted molar refractivity (Wildman–Crippen MR) is 126 cm³/mol. The van der Waals surface area contributed by atoms with Gasteiger partial charge in [0, 0.05) is 17.0 Å². The molecule has 0 saturated carbocycles. The van der Waals surface area contributed by atoms with E-state index in [1.807, 2.05) is 30.3 Å². The van der Waals surface area contributed by atoms with Crippen molar-refractivity contribution in [3.05, 3.63) is 64.2 Å². The number of benzene rings is 2. The molecular weight excluding hydrogens is 422 g/mol. The second kappa shape index (κ2) is 9.05. The van der Waals surface area contributed by atoms with Gasteiger partial charge < -0.3 is 24.1 Å². The Balaban J connectivity index is 1.45. The van der Waals surface area contributed by atoms with E-state index in [2.05, 4.69) is 21.1 Å². The maximum atomic E-state index is 13.0. The van der Waals surface area contributed by atoms with Crippen molar-refractivity contribution in [1.29, 1.82) is 0 Å². The highest BCUT2D eigenvalue weighted by Crippen LogP contribution is 2.25. The van der Waals surface area contributed by atoms with E-state index in [1.165, 1.54) is 15.9 Å². The van der Waals surface area contributed by atoms with Crippen LogP contribution in [0.25, 0.3) is 21.9 Å². The summed E-state index contributed by atoms with van der Waals surface area (Å²) in [6.45, 7) is 4.34. The number of ether oxygens (including phenoxy) is 3. The normalized spacial score (nSPS) is 15.0. The fraction of sp³-hybridized carbons (Fsp3) is 0.292. The van der Waals surface area contributed by atoms with Gasteiger partial charge in [0.1, 0.15) is 48.5 Å². The molecule has 1 fully saturated rings. The number of fused-ring (bicyclic) bond motifs is 3. The summed E-state index contributed by atoms with van der Waals surface area (Å²) in [5.74, 6) is 1.56. The molecule has 1 aliphatic heterocycles. The number of aromatic amines is 1. The van der Waals surface area contributed by atoms with Crippen LogP contribution in [-0.4, -0.2) is 61.4 Å². The summed E-state index contributed by atoms with van der Waals surface area (Å²) < 4.78 is 17.5. The van der Waals surface area contributed by atoms with Gasteiger partial charge in [-0.25, -0.2) is 4.98 Å². The van der Waals surface area contributed by atoms with Crippen molar-refractivity contribution in [1.82, 2.24) is 14.6 Å². The summed E-state index contributed by atoms with van der Waals surface area (Å²) in [5, 5.41) is 5.24. The van der Waals surface area contributed by atoms with Gasteiger partial charge >= 0.3 is 0 Å². The van der Waals surface area contributed by atoms with Crippen molar-refractivity contribution < 1.29 is 19.1 Å². The Morgan fingerprint density at radius 3 is 2.82 bits per heavy atom. The summed E-state index contributed by atoms with van der Waals surface area (Å²) in [4.78, 5) is 22.1. The summed E-state index contributed by atoms with van der Waals surface area (Å²) >= 11 is 0. The predicted octanol–water partition coefficient (Wildman–Crippen LogP) is 1.19. The van der Waals surface area contributed by atoms with E-state index in [4.69, 9.17) is 14.2 Å². The Labute approximate surface area is 190 Å². The first kappa shape index (κ1) is 21.2. The molecule has 5 rings (SSSR count). The third-order valence-corrected chi connectivity index (χ3v) is 5.97. The van der Waals surface area contributed by atoms with Crippen LogP contribution in [0, 0.1) is 0 Å². The fourth-order valence-electron chi connectivity index (χ4n) is 4.19. The maximum Gasteiger partial charge on any atom is 0.298 e. The number of quaternary nitrogens is 1. The third-order valence-electron chi connectivity index (χ3n) is 5.97. The van der Waals surface area contributed by atoms with Crippen molar-refractivity contribution in [2.75, 3.05) is 40.5 Å². The Hall–Kier alpha value is -3.69. The quantitative estimate of drug-likeness (QED) is 0.432. The summed E-state index contributed by atoms with van der Waals surface area (Å²) in [5.41, 5.74) is 3.53.